The molecule has 0 radical (unpaired) electrons. The van der Waals surface area contributed by atoms with Gasteiger partial charge in [-0.15, -0.1) is 11.8 Å². The highest BCUT2D eigenvalue weighted by atomic mass is 32.2. The first-order valence-electron chi connectivity index (χ1n) is 7.72. The SMILES string of the molecule is CCCNC(Cc1cccnc1)C1CSc2ccccc21. The van der Waals surface area contributed by atoms with Crippen LogP contribution in [0.15, 0.2) is 53.7 Å². The molecule has 3 rings (SSSR count). The number of benzene rings is 1. The fourth-order valence-corrected chi connectivity index (χ4v) is 4.31. The molecule has 21 heavy (non-hydrogen) atoms. The molecule has 0 spiro atoms. The number of nitrogens with zero attached hydrogens (tertiary/aromatic N) is 1. The molecule has 2 atom stereocenters. The van der Waals surface area contributed by atoms with E-state index in [0.29, 0.717) is 12.0 Å². The second kappa shape index (κ2) is 7.10. The Morgan fingerprint density at radius 2 is 2.19 bits per heavy atom. The van der Waals surface area contributed by atoms with Gasteiger partial charge >= 0.3 is 0 Å². The molecule has 2 unspecified atom stereocenters. The zero-order chi connectivity index (χ0) is 14.5. The Hall–Kier alpha value is -1.32. The van der Waals surface area contributed by atoms with Crippen molar-refractivity contribution in [1.82, 2.24) is 10.3 Å². The maximum atomic E-state index is 4.26. The molecule has 0 saturated carbocycles. The van der Waals surface area contributed by atoms with Crippen molar-refractivity contribution >= 4 is 11.8 Å². The predicted molar refractivity (Wildman–Crippen MR) is 89.9 cm³/mol. The standard InChI is InChI=1S/C18H22N2S/c1-2-9-20-17(11-14-6-5-10-19-12-14)16-13-21-18-8-4-3-7-15(16)18/h3-8,10,12,16-17,20H,2,9,11,13H2,1H3. The van der Waals surface area contributed by atoms with Gasteiger partial charge in [0.1, 0.15) is 0 Å². The number of thioether (sulfide) groups is 1. The molecule has 2 heterocycles. The lowest BCUT2D eigenvalue weighted by Gasteiger charge is -2.25. The highest BCUT2D eigenvalue weighted by Crippen LogP contribution is 2.41. The molecule has 0 amide bonds. The molecule has 0 fully saturated rings. The van der Waals surface area contributed by atoms with Crippen molar-refractivity contribution in [2.45, 2.75) is 36.6 Å². The van der Waals surface area contributed by atoms with Gasteiger partial charge in [0.25, 0.3) is 0 Å². The second-order valence-electron chi connectivity index (χ2n) is 5.58. The summed E-state index contributed by atoms with van der Waals surface area (Å²) >= 11 is 1.99. The molecule has 3 heteroatoms. The van der Waals surface area contributed by atoms with Crippen LogP contribution < -0.4 is 5.32 Å². The number of hydrogen-bond donors (Lipinski definition) is 1. The van der Waals surface area contributed by atoms with Crippen molar-refractivity contribution in [3.63, 3.8) is 0 Å². The van der Waals surface area contributed by atoms with Crippen LogP contribution in [0.5, 0.6) is 0 Å². The summed E-state index contributed by atoms with van der Waals surface area (Å²) in [4.78, 5) is 5.71. The van der Waals surface area contributed by atoms with E-state index >= 15 is 0 Å². The molecule has 1 aliphatic heterocycles. The first-order chi connectivity index (χ1) is 10.4. The van der Waals surface area contributed by atoms with Crippen molar-refractivity contribution in [2.24, 2.45) is 0 Å². The minimum atomic E-state index is 0.491. The fraction of sp³-hybridized carbons (Fsp3) is 0.389. The van der Waals surface area contributed by atoms with Crippen LogP contribution in [0.2, 0.25) is 0 Å². The largest absolute Gasteiger partial charge is 0.313 e. The third-order valence-electron chi connectivity index (χ3n) is 4.06. The summed E-state index contributed by atoms with van der Waals surface area (Å²) in [7, 11) is 0. The van der Waals surface area contributed by atoms with Gasteiger partial charge in [0.15, 0.2) is 0 Å². The van der Waals surface area contributed by atoms with Crippen LogP contribution in [0.1, 0.15) is 30.4 Å². The van der Waals surface area contributed by atoms with Gasteiger partial charge in [-0.1, -0.05) is 31.2 Å². The van der Waals surface area contributed by atoms with Crippen LogP contribution in [-0.2, 0) is 6.42 Å². The van der Waals surface area contributed by atoms with Crippen LogP contribution in [0.25, 0.3) is 0 Å². The monoisotopic (exact) mass is 298 g/mol. The van der Waals surface area contributed by atoms with E-state index in [2.05, 4.69) is 47.6 Å². The van der Waals surface area contributed by atoms with Crippen molar-refractivity contribution in [3.8, 4) is 0 Å². The Morgan fingerprint density at radius 3 is 3.00 bits per heavy atom. The molecule has 1 aliphatic rings. The predicted octanol–water partition coefficient (Wildman–Crippen LogP) is 3.88. The maximum Gasteiger partial charge on any atom is 0.0300 e. The Labute approximate surface area is 131 Å². The van der Waals surface area contributed by atoms with Gasteiger partial charge < -0.3 is 5.32 Å². The molecule has 1 aromatic carbocycles. The first-order valence-corrected chi connectivity index (χ1v) is 8.71. The number of nitrogens with one attached hydrogen (secondary N) is 1. The van der Waals surface area contributed by atoms with Crippen LogP contribution in [0.4, 0.5) is 0 Å². The summed E-state index contributed by atoms with van der Waals surface area (Å²) in [6, 6.07) is 13.6. The van der Waals surface area contributed by atoms with Gasteiger partial charge in [-0.05, 0) is 42.6 Å². The Bertz CT molecular complexity index is 570. The summed E-state index contributed by atoms with van der Waals surface area (Å²) in [6.07, 6.45) is 6.06. The number of hydrogen-bond acceptors (Lipinski definition) is 3. The average molecular weight is 298 g/mol. The lowest BCUT2D eigenvalue weighted by Crippen LogP contribution is -2.37. The Kier molecular flexibility index (Phi) is 4.94. The van der Waals surface area contributed by atoms with Crippen molar-refractivity contribution in [1.29, 1.82) is 0 Å². The molecule has 0 saturated heterocycles. The van der Waals surface area contributed by atoms with Crippen molar-refractivity contribution < 1.29 is 0 Å². The van der Waals surface area contributed by atoms with Crippen molar-refractivity contribution in [2.75, 3.05) is 12.3 Å². The van der Waals surface area contributed by atoms with Crippen LogP contribution in [0.3, 0.4) is 0 Å². The molecule has 2 aromatic rings. The van der Waals surface area contributed by atoms with E-state index in [9.17, 15) is 0 Å². The zero-order valence-corrected chi connectivity index (χ0v) is 13.3. The Balaban J connectivity index is 1.80. The molecule has 110 valence electrons. The zero-order valence-electron chi connectivity index (χ0n) is 12.5. The van der Waals surface area contributed by atoms with Gasteiger partial charge in [0.05, 0.1) is 0 Å². The van der Waals surface area contributed by atoms with Gasteiger partial charge in [-0.25, -0.2) is 0 Å². The van der Waals surface area contributed by atoms with Gasteiger partial charge in [-0.2, -0.15) is 0 Å². The summed E-state index contributed by atoms with van der Waals surface area (Å²) in [5.41, 5.74) is 2.83. The molecule has 2 nitrogen and oxygen atoms in total. The topological polar surface area (TPSA) is 24.9 Å². The third kappa shape index (κ3) is 3.47. The minimum absolute atomic E-state index is 0.491. The molecule has 0 bridgehead atoms. The maximum absolute atomic E-state index is 4.26. The van der Waals surface area contributed by atoms with E-state index in [1.807, 2.05) is 30.2 Å². The van der Waals surface area contributed by atoms with Crippen LogP contribution in [-0.4, -0.2) is 23.3 Å². The normalized spacial score (nSPS) is 18.4. The van der Waals surface area contributed by atoms with Crippen LogP contribution >= 0.6 is 11.8 Å². The number of rotatable bonds is 6. The van der Waals surface area contributed by atoms with Gasteiger partial charge in [-0.3, -0.25) is 4.98 Å². The number of aromatic nitrogens is 1. The first kappa shape index (κ1) is 14.6. The second-order valence-corrected chi connectivity index (χ2v) is 6.64. The van der Waals surface area contributed by atoms with Crippen molar-refractivity contribution in [3.05, 3.63) is 59.9 Å². The molecular formula is C18H22N2S. The van der Waals surface area contributed by atoms with E-state index in [1.165, 1.54) is 28.2 Å². The molecule has 1 aromatic heterocycles. The Morgan fingerprint density at radius 1 is 1.29 bits per heavy atom. The quantitative estimate of drug-likeness (QED) is 0.876. The van der Waals surface area contributed by atoms with E-state index in [0.717, 1.165) is 13.0 Å². The third-order valence-corrected chi connectivity index (χ3v) is 5.27. The van der Waals surface area contributed by atoms with E-state index < -0.39 is 0 Å². The summed E-state index contributed by atoms with van der Waals surface area (Å²) in [5.74, 6) is 1.78. The average Bonchev–Trinajstić information content (AvgIpc) is 2.96. The lowest BCUT2D eigenvalue weighted by atomic mass is 9.89. The van der Waals surface area contributed by atoms with Gasteiger partial charge in [0.2, 0.25) is 0 Å². The van der Waals surface area contributed by atoms with Gasteiger partial charge in [0, 0.05) is 35.0 Å². The van der Waals surface area contributed by atoms with Crippen LogP contribution in [0, 0.1) is 0 Å². The summed E-state index contributed by atoms with van der Waals surface area (Å²) in [5, 5.41) is 3.76. The smallest absolute Gasteiger partial charge is 0.0300 e. The van der Waals surface area contributed by atoms with E-state index in [4.69, 9.17) is 0 Å². The van der Waals surface area contributed by atoms with E-state index in [-0.39, 0.29) is 0 Å². The minimum Gasteiger partial charge on any atom is -0.313 e. The number of pyridine rings is 1. The summed E-state index contributed by atoms with van der Waals surface area (Å²) < 4.78 is 0. The summed E-state index contributed by atoms with van der Waals surface area (Å²) in [6.45, 7) is 3.31. The van der Waals surface area contributed by atoms with E-state index in [1.54, 1.807) is 0 Å². The molecule has 1 N–H and O–H groups in total. The lowest BCUT2D eigenvalue weighted by molar-refractivity contribution is 0.451. The molecule has 0 aliphatic carbocycles. The highest BCUT2D eigenvalue weighted by Gasteiger charge is 2.29. The fourth-order valence-electron chi connectivity index (χ4n) is 2.98. The molecular weight excluding hydrogens is 276 g/mol. The highest BCUT2D eigenvalue weighted by molar-refractivity contribution is 7.99. The number of fused-ring (bicyclic) bond motifs is 1.